The molecule has 0 fully saturated rings. The summed E-state index contributed by atoms with van der Waals surface area (Å²) >= 11 is 8.99. The second kappa shape index (κ2) is 6.37. The van der Waals surface area contributed by atoms with Gasteiger partial charge in [0.05, 0.1) is 11.3 Å². The highest BCUT2D eigenvalue weighted by molar-refractivity contribution is 14.1. The van der Waals surface area contributed by atoms with Crippen LogP contribution >= 0.6 is 54.5 Å². The second-order valence-corrected chi connectivity index (χ2v) is 6.99. The summed E-state index contributed by atoms with van der Waals surface area (Å²) in [5.74, 6) is -0.116. The molecule has 1 amide bonds. The van der Waals surface area contributed by atoms with Gasteiger partial charge in [0.15, 0.2) is 0 Å². The van der Waals surface area contributed by atoms with Crippen LogP contribution < -0.4 is 5.32 Å². The van der Waals surface area contributed by atoms with Gasteiger partial charge in [-0.25, -0.2) is 0 Å². The monoisotopic (exact) mass is 493 g/mol. The minimum absolute atomic E-state index is 0.116. The van der Waals surface area contributed by atoms with E-state index in [1.165, 1.54) is 0 Å². The van der Waals surface area contributed by atoms with Gasteiger partial charge in [-0.2, -0.15) is 0 Å². The van der Waals surface area contributed by atoms with Gasteiger partial charge in [-0.05, 0) is 81.3 Å². The Hall–Kier alpha value is -0.400. The maximum atomic E-state index is 12.3. The third kappa shape index (κ3) is 3.79. The van der Waals surface area contributed by atoms with Crippen molar-refractivity contribution in [3.63, 3.8) is 0 Å². The Bertz CT molecular complexity index is 643. The van der Waals surface area contributed by atoms with Crippen LogP contribution in [0.2, 0.25) is 0 Å². The normalized spacial score (nSPS) is 10.3. The molecule has 98 valence electrons. The fourth-order valence-corrected chi connectivity index (χ4v) is 3.12. The minimum Gasteiger partial charge on any atom is -0.321 e. The first-order chi connectivity index (χ1) is 8.97. The molecule has 0 aliphatic carbocycles. The molecule has 0 heterocycles. The summed E-state index contributed by atoms with van der Waals surface area (Å²) in [6, 6.07) is 11.5. The van der Waals surface area contributed by atoms with E-state index >= 15 is 0 Å². The van der Waals surface area contributed by atoms with Crippen LogP contribution in [0.5, 0.6) is 0 Å². The van der Waals surface area contributed by atoms with Crippen LogP contribution in [-0.2, 0) is 0 Å². The summed E-state index contributed by atoms with van der Waals surface area (Å²) in [4.78, 5) is 12.3. The summed E-state index contributed by atoms with van der Waals surface area (Å²) in [6.07, 6.45) is 0. The van der Waals surface area contributed by atoms with Crippen LogP contribution in [0.3, 0.4) is 0 Å². The molecule has 0 spiro atoms. The Kier molecular flexibility index (Phi) is 5.03. The third-order valence-corrected chi connectivity index (χ3v) is 4.64. The van der Waals surface area contributed by atoms with Gasteiger partial charge in [-0.1, -0.05) is 22.0 Å². The topological polar surface area (TPSA) is 29.1 Å². The number of amides is 1. The molecule has 0 unspecified atom stereocenters. The SMILES string of the molecule is Cc1ccc(NC(=O)c2cc(Br)ccc2I)c(Br)c1. The van der Waals surface area contributed by atoms with E-state index in [-0.39, 0.29) is 5.91 Å². The molecule has 2 nitrogen and oxygen atoms in total. The number of rotatable bonds is 2. The molecule has 0 aliphatic rings. The van der Waals surface area contributed by atoms with Gasteiger partial charge < -0.3 is 5.32 Å². The van der Waals surface area contributed by atoms with Crippen molar-refractivity contribution in [2.45, 2.75) is 6.92 Å². The molecule has 1 N–H and O–H groups in total. The molecular weight excluding hydrogens is 485 g/mol. The average Bonchev–Trinajstić information content (AvgIpc) is 2.35. The molecule has 0 bridgehead atoms. The zero-order valence-electron chi connectivity index (χ0n) is 10.0. The molecular formula is C14H10Br2INO. The predicted octanol–water partition coefficient (Wildman–Crippen LogP) is 5.38. The Morgan fingerprint density at radius 3 is 2.58 bits per heavy atom. The summed E-state index contributed by atoms with van der Waals surface area (Å²) in [7, 11) is 0. The Morgan fingerprint density at radius 1 is 1.16 bits per heavy atom. The van der Waals surface area contributed by atoms with Gasteiger partial charge in [-0.15, -0.1) is 0 Å². The number of hydrogen-bond donors (Lipinski definition) is 1. The number of hydrogen-bond acceptors (Lipinski definition) is 1. The Balaban J connectivity index is 2.28. The smallest absolute Gasteiger partial charge is 0.256 e. The van der Waals surface area contributed by atoms with Crippen molar-refractivity contribution in [1.29, 1.82) is 0 Å². The summed E-state index contributed by atoms with van der Waals surface area (Å²) in [5, 5.41) is 2.91. The van der Waals surface area contributed by atoms with Gasteiger partial charge >= 0.3 is 0 Å². The number of carbonyl (C=O) groups excluding carboxylic acids is 1. The van der Waals surface area contributed by atoms with Crippen LogP contribution in [0, 0.1) is 10.5 Å². The highest BCUT2D eigenvalue weighted by atomic mass is 127. The first kappa shape index (κ1) is 15.0. The largest absolute Gasteiger partial charge is 0.321 e. The lowest BCUT2D eigenvalue weighted by molar-refractivity contribution is 0.102. The lowest BCUT2D eigenvalue weighted by Gasteiger charge is -2.09. The first-order valence-corrected chi connectivity index (χ1v) is 8.16. The maximum Gasteiger partial charge on any atom is 0.256 e. The first-order valence-electron chi connectivity index (χ1n) is 5.50. The van der Waals surface area contributed by atoms with E-state index in [1.807, 2.05) is 43.3 Å². The van der Waals surface area contributed by atoms with E-state index in [2.05, 4.69) is 59.8 Å². The van der Waals surface area contributed by atoms with E-state index in [0.717, 1.165) is 23.8 Å². The average molecular weight is 495 g/mol. The molecule has 0 saturated carbocycles. The van der Waals surface area contributed by atoms with Crippen molar-refractivity contribution in [3.05, 3.63) is 60.0 Å². The molecule has 2 rings (SSSR count). The Morgan fingerprint density at radius 2 is 1.89 bits per heavy atom. The summed E-state index contributed by atoms with van der Waals surface area (Å²) in [5.41, 5.74) is 2.57. The summed E-state index contributed by atoms with van der Waals surface area (Å²) in [6.45, 7) is 2.01. The molecule has 0 aliphatic heterocycles. The molecule has 2 aromatic carbocycles. The number of carbonyl (C=O) groups is 1. The van der Waals surface area contributed by atoms with Crippen molar-refractivity contribution >= 4 is 66.0 Å². The van der Waals surface area contributed by atoms with Gasteiger partial charge in [0.1, 0.15) is 0 Å². The van der Waals surface area contributed by atoms with Gasteiger partial charge in [0.2, 0.25) is 0 Å². The zero-order chi connectivity index (χ0) is 14.0. The highest BCUT2D eigenvalue weighted by Crippen LogP contribution is 2.25. The van der Waals surface area contributed by atoms with Crippen LogP contribution in [0.25, 0.3) is 0 Å². The van der Waals surface area contributed by atoms with Gasteiger partial charge in [0.25, 0.3) is 5.91 Å². The lowest BCUT2D eigenvalue weighted by Crippen LogP contribution is -2.13. The number of nitrogens with one attached hydrogen (secondary N) is 1. The van der Waals surface area contributed by atoms with Crippen molar-refractivity contribution in [2.75, 3.05) is 5.32 Å². The quantitative estimate of drug-likeness (QED) is 0.558. The molecule has 5 heteroatoms. The van der Waals surface area contributed by atoms with Gasteiger partial charge in [-0.3, -0.25) is 4.79 Å². The van der Waals surface area contributed by atoms with Crippen LogP contribution in [0.4, 0.5) is 5.69 Å². The van der Waals surface area contributed by atoms with E-state index in [4.69, 9.17) is 0 Å². The standard InChI is InChI=1S/C14H10Br2INO/c1-8-2-5-13(11(16)6-8)18-14(19)10-7-9(15)3-4-12(10)17/h2-7H,1H3,(H,18,19). The maximum absolute atomic E-state index is 12.3. The zero-order valence-corrected chi connectivity index (χ0v) is 15.3. The number of aryl methyl sites for hydroxylation is 1. The van der Waals surface area contributed by atoms with E-state index in [9.17, 15) is 4.79 Å². The number of benzene rings is 2. The third-order valence-electron chi connectivity index (χ3n) is 2.55. The van der Waals surface area contributed by atoms with Gasteiger partial charge in [0, 0.05) is 12.5 Å². The fraction of sp³-hybridized carbons (Fsp3) is 0.0714. The second-order valence-electron chi connectivity index (χ2n) is 4.06. The van der Waals surface area contributed by atoms with Crippen molar-refractivity contribution in [3.8, 4) is 0 Å². The van der Waals surface area contributed by atoms with Crippen LogP contribution in [0.15, 0.2) is 45.3 Å². The van der Waals surface area contributed by atoms with Crippen LogP contribution in [-0.4, -0.2) is 5.91 Å². The molecule has 0 radical (unpaired) electrons. The molecule has 2 aromatic rings. The van der Waals surface area contributed by atoms with Crippen molar-refractivity contribution in [1.82, 2.24) is 0 Å². The fourth-order valence-electron chi connectivity index (χ4n) is 1.58. The number of anilines is 1. The van der Waals surface area contributed by atoms with E-state index < -0.39 is 0 Å². The van der Waals surface area contributed by atoms with E-state index in [0.29, 0.717) is 5.56 Å². The highest BCUT2D eigenvalue weighted by Gasteiger charge is 2.12. The number of halogens is 3. The molecule has 0 aromatic heterocycles. The van der Waals surface area contributed by atoms with Crippen molar-refractivity contribution in [2.24, 2.45) is 0 Å². The Labute approximate surface area is 142 Å². The molecule has 0 atom stereocenters. The molecule has 19 heavy (non-hydrogen) atoms. The molecule has 0 saturated heterocycles. The van der Waals surface area contributed by atoms with Crippen molar-refractivity contribution < 1.29 is 4.79 Å². The van der Waals surface area contributed by atoms with Crippen LogP contribution in [0.1, 0.15) is 15.9 Å². The predicted molar refractivity (Wildman–Crippen MR) is 93.7 cm³/mol. The summed E-state index contributed by atoms with van der Waals surface area (Å²) < 4.78 is 2.69. The van der Waals surface area contributed by atoms with E-state index in [1.54, 1.807) is 0 Å². The minimum atomic E-state index is -0.116. The lowest BCUT2D eigenvalue weighted by atomic mass is 10.2.